The lowest BCUT2D eigenvalue weighted by Gasteiger charge is -2.28. The lowest BCUT2D eigenvalue weighted by Crippen LogP contribution is -2.46. The van der Waals surface area contributed by atoms with E-state index in [2.05, 4.69) is 20.7 Å². The number of nitrogens with one attached hydrogen (secondary N) is 2. The molecular weight excluding hydrogens is 309 g/mol. The molecule has 2 N–H and O–H groups in total. The van der Waals surface area contributed by atoms with E-state index in [1.165, 1.54) is 12.1 Å². The van der Waals surface area contributed by atoms with E-state index in [9.17, 15) is 9.18 Å². The van der Waals surface area contributed by atoms with Crippen molar-refractivity contribution >= 4 is 5.91 Å². The van der Waals surface area contributed by atoms with Crippen LogP contribution in [0.2, 0.25) is 0 Å². The van der Waals surface area contributed by atoms with Gasteiger partial charge in [-0.05, 0) is 37.0 Å². The summed E-state index contributed by atoms with van der Waals surface area (Å²) in [4.78, 5) is 16.9. The zero-order valence-electron chi connectivity index (χ0n) is 13.3. The normalized spacial score (nSPS) is 21.1. The van der Waals surface area contributed by atoms with Crippen LogP contribution in [0.3, 0.4) is 0 Å². The third-order valence-corrected chi connectivity index (χ3v) is 4.60. The van der Waals surface area contributed by atoms with Crippen molar-refractivity contribution in [3.05, 3.63) is 47.8 Å². The summed E-state index contributed by atoms with van der Waals surface area (Å²) >= 11 is 0. The Labute approximate surface area is 139 Å². The predicted octanol–water partition coefficient (Wildman–Crippen LogP) is 1.34. The number of rotatable bonds is 5. The number of halogens is 1. The van der Waals surface area contributed by atoms with Gasteiger partial charge in [0.15, 0.2) is 0 Å². The fourth-order valence-electron chi connectivity index (χ4n) is 3.10. The van der Waals surface area contributed by atoms with Gasteiger partial charge in [0, 0.05) is 18.5 Å². The number of carbonyl (C=O) groups is 1. The number of carbonyl (C=O) groups excluding carboxylic acids is 1. The summed E-state index contributed by atoms with van der Waals surface area (Å²) < 4.78 is 15.1. The van der Waals surface area contributed by atoms with Crippen LogP contribution in [0, 0.1) is 5.82 Å². The lowest BCUT2D eigenvalue weighted by molar-refractivity contribution is -0.123. The molecule has 0 unspecified atom stereocenters. The third kappa shape index (κ3) is 3.31. The highest BCUT2D eigenvalue weighted by Gasteiger charge is 2.31. The summed E-state index contributed by atoms with van der Waals surface area (Å²) in [7, 11) is 0. The minimum atomic E-state index is -0.485. The van der Waals surface area contributed by atoms with Crippen LogP contribution in [0.5, 0.6) is 0 Å². The van der Waals surface area contributed by atoms with E-state index in [1.807, 2.05) is 4.68 Å². The Morgan fingerprint density at radius 3 is 2.75 bits per heavy atom. The zero-order valence-corrected chi connectivity index (χ0v) is 13.3. The first-order chi connectivity index (χ1) is 11.7. The SMILES string of the molecule is O=C(NC1CC1)[C@H](N[C@H]1CCc2ncnn2C1)c1ccc(F)cc1. The molecule has 7 heteroatoms. The van der Waals surface area contributed by atoms with E-state index in [0.717, 1.165) is 37.1 Å². The number of hydrogen-bond acceptors (Lipinski definition) is 4. The highest BCUT2D eigenvalue weighted by atomic mass is 19.1. The highest BCUT2D eigenvalue weighted by molar-refractivity contribution is 5.83. The van der Waals surface area contributed by atoms with Gasteiger partial charge in [0.05, 0.1) is 6.54 Å². The average Bonchev–Trinajstić information content (AvgIpc) is 3.27. The summed E-state index contributed by atoms with van der Waals surface area (Å²) in [5.41, 5.74) is 0.777. The smallest absolute Gasteiger partial charge is 0.241 e. The highest BCUT2D eigenvalue weighted by Crippen LogP contribution is 2.23. The molecule has 1 fully saturated rings. The van der Waals surface area contributed by atoms with Crippen molar-refractivity contribution in [2.75, 3.05) is 0 Å². The Morgan fingerprint density at radius 2 is 2.00 bits per heavy atom. The molecule has 1 aromatic heterocycles. The first-order valence-corrected chi connectivity index (χ1v) is 8.37. The van der Waals surface area contributed by atoms with Crippen molar-refractivity contribution in [2.45, 2.75) is 50.4 Å². The number of aryl methyl sites for hydroxylation is 1. The van der Waals surface area contributed by atoms with E-state index in [-0.39, 0.29) is 23.8 Å². The van der Waals surface area contributed by atoms with Crippen molar-refractivity contribution in [2.24, 2.45) is 0 Å². The topological polar surface area (TPSA) is 71.8 Å². The van der Waals surface area contributed by atoms with Gasteiger partial charge < -0.3 is 5.32 Å². The maximum Gasteiger partial charge on any atom is 0.241 e. The van der Waals surface area contributed by atoms with E-state index in [4.69, 9.17) is 0 Å². The van der Waals surface area contributed by atoms with Crippen molar-refractivity contribution < 1.29 is 9.18 Å². The second-order valence-electron chi connectivity index (χ2n) is 6.53. The summed E-state index contributed by atoms with van der Waals surface area (Å²) in [6.45, 7) is 0.684. The Morgan fingerprint density at radius 1 is 1.21 bits per heavy atom. The van der Waals surface area contributed by atoms with Crippen LogP contribution in [0.1, 0.15) is 36.7 Å². The quantitative estimate of drug-likeness (QED) is 0.868. The van der Waals surface area contributed by atoms with Crippen molar-refractivity contribution in [3.8, 4) is 0 Å². The summed E-state index contributed by atoms with van der Waals surface area (Å²) in [6.07, 6.45) is 5.36. The van der Waals surface area contributed by atoms with Crippen molar-refractivity contribution in [1.82, 2.24) is 25.4 Å². The summed E-state index contributed by atoms with van der Waals surface area (Å²) in [5.74, 6) is 0.632. The first kappa shape index (κ1) is 15.3. The molecule has 4 rings (SSSR count). The van der Waals surface area contributed by atoms with Crippen LogP contribution in [-0.2, 0) is 17.8 Å². The van der Waals surface area contributed by atoms with E-state index in [0.29, 0.717) is 6.54 Å². The van der Waals surface area contributed by atoms with Gasteiger partial charge >= 0.3 is 0 Å². The van der Waals surface area contributed by atoms with Gasteiger partial charge in [-0.15, -0.1) is 0 Å². The molecule has 1 amide bonds. The van der Waals surface area contributed by atoms with Crippen molar-refractivity contribution in [3.63, 3.8) is 0 Å². The molecule has 2 heterocycles. The molecule has 24 heavy (non-hydrogen) atoms. The third-order valence-electron chi connectivity index (χ3n) is 4.60. The standard InChI is InChI=1S/C17H20FN5O/c18-12-3-1-11(2-4-12)16(17(24)22-13-5-6-13)21-14-7-8-15-19-10-20-23(15)9-14/h1-4,10,13-14,16,21H,5-9H2,(H,22,24)/t14-,16+/m0/s1. The van der Waals surface area contributed by atoms with E-state index >= 15 is 0 Å². The van der Waals surface area contributed by atoms with Gasteiger partial charge in [-0.3, -0.25) is 10.1 Å². The minimum absolute atomic E-state index is 0.0477. The number of benzene rings is 1. The molecule has 126 valence electrons. The van der Waals surface area contributed by atoms with Gasteiger partial charge in [-0.2, -0.15) is 5.10 Å². The van der Waals surface area contributed by atoms with Crippen molar-refractivity contribution in [1.29, 1.82) is 0 Å². The average molecular weight is 329 g/mol. The number of fused-ring (bicyclic) bond motifs is 1. The number of hydrogen-bond donors (Lipinski definition) is 2. The van der Waals surface area contributed by atoms with Crippen LogP contribution < -0.4 is 10.6 Å². The van der Waals surface area contributed by atoms with Crippen LogP contribution in [0.25, 0.3) is 0 Å². The van der Waals surface area contributed by atoms with Crippen LogP contribution >= 0.6 is 0 Å². The maximum absolute atomic E-state index is 13.2. The Balaban J connectivity index is 1.51. The largest absolute Gasteiger partial charge is 0.352 e. The molecule has 2 aliphatic rings. The Hall–Kier alpha value is -2.28. The van der Waals surface area contributed by atoms with Gasteiger partial charge in [0.25, 0.3) is 0 Å². The number of nitrogens with zero attached hydrogens (tertiary/aromatic N) is 3. The fourth-order valence-corrected chi connectivity index (χ4v) is 3.10. The minimum Gasteiger partial charge on any atom is -0.352 e. The van der Waals surface area contributed by atoms with Gasteiger partial charge in [-0.25, -0.2) is 14.1 Å². The second-order valence-corrected chi connectivity index (χ2v) is 6.53. The Bertz CT molecular complexity index is 725. The fraction of sp³-hybridized carbons (Fsp3) is 0.471. The molecule has 1 aliphatic carbocycles. The molecular formula is C17H20FN5O. The molecule has 2 atom stereocenters. The number of amides is 1. The molecule has 0 spiro atoms. The van der Waals surface area contributed by atoms with Crippen LogP contribution in [0.4, 0.5) is 4.39 Å². The molecule has 1 saturated carbocycles. The number of aromatic nitrogens is 3. The van der Waals surface area contributed by atoms with Gasteiger partial charge in [-0.1, -0.05) is 12.1 Å². The molecule has 1 aromatic carbocycles. The van der Waals surface area contributed by atoms with Crippen LogP contribution in [-0.4, -0.2) is 32.8 Å². The molecule has 0 radical (unpaired) electrons. The zero-order chi connectivity index (χ0) is 16.5. The molecule has 2 aromatic rings. The second kappa shape index (κ2) is 6.32. The van der Waals surface area contributed by atoms with E-state index in [1.54, 1.807) is 18.5 Å². The Kier molecular flexibility index (Phi) is 4.02. The van der Waals surface area contributed by atoms with Gasteiger partial charge in [0.1, 0.15) is 24.0 Å². The molecule has 0 bridgehead atoms. The lowest BCUT2D eigenvalue weighted by atomic mass is 10.0. The summed E-state index contributed by atoms with van der Waals surface area (Å²) in [5, 5.41) is 10.7. The molecule has 1 aliphatic heterocycles. The maximum atomic E-state index is 13.2. The molecule has 6 nitrogen and oxygen atoms in total. The first-order valence-electron chi connectivity index (χ1n) is 8.37. The van der Waals surface area contributed by atoms with Gasteiger partial charge in [0.2, 0.25) is 5.91 Å². The monoisotopic (exact) mass is 329 g/mol. The predicted molar refractivity (Wildman–Crippen MR) is 85.6 cm³/mol. The summed E-state index contributed by atoms with van der Waals surface area (Å²) in [6, 6.07) is 6.05. The molecule has 0 saturated heterocycles. The van der Waals surface area contributed by atoms with E-state index < -0.39 is 6.04 Å². The van der Waals surface area contributed by atoms with Crippen LogP contribution in [0.15, 0.2) is 30.6 Å².